The molecule has 1 aliphatic carbocycles. The van der Waals surface area contributed by atoms with Gasteiger partial charge in [0.2, 0.25) is 0 Å². The molecular weight excluding hydrogens is 174 g/mol. The minimum Gasteiger partial charge on any atom is -0.314 e. The van der Waals surface area contributed by atoms with Gasteiger partial charge in [-0.25, -0.2) is 0 Å². The number of aromatic nitrogens is 2. The van der Waals surface area contributed by atoms with E-state index in [0.29, 0.717) is 5.92 Å². The predicted octanol–water partition coefficient (Wildman–Crippen LogP) is 1.41. The van der Waals surface area contributed by atoms with Crippen LogP contribution in [0.5, 0.6) is 0 Å². The van der Waals surface area contributed by atoms with Gasteiger partial charge < -0.3 is 5.32 Å². The van der Waals surface area contributed by atoms with Gasteiger partial charge in [-0.05, 0) is 31.7 Å². The van der Waals surface area contributed by atoms with Crippen LogP contribution in [-0.2, 0) is 6.42 Å². The van der Waals surface area contributed by atoms with Crippen LogP contribution in [0.15, 0.2) is 18.6 Å². The lowest BCUT2D eigenvalue weighted by Crippen LogP contribution is -2.24. The molecule has 1 aliphatic rings. The lowest BCUT2D eigenvalue weighted by Gasteiger charge is -2.10. The van der Waals surface area contributed by atoms with Crippen molar-refractivity contribution < 1.29 is 0 Å². The van der Waals surface area contributed by atoms with Crippen molar-refractivity contribution in [2.45, 2.75) is 32.2 Å². The third kappa shape index (κ3) is 3.07. The molecule has 0 aliphatic heterocycles. The Labute approximate surface area is 85.0 Å². The molecule has 1 atom stereocenters. The van der Waals surface area contributed by atoms with E-state index in [-0.39, 0.29) is 0 Å². The SMILES string of the molecule is CC(CNC1CC1)Cc1cnccn1. The third-order valence-electron chi connectivity index (χ3n) is 2.51. The van der Waals surface area contributed by atoms with Crippen molar-refractivity contribution in [3.63, 3.8) is 0 Å². The molecule has 0 spiro atoms. The molecule has 1 aromatic heterocycles. The molecule has 1 N–H and O–H groups in total. The molecule has 3 heteroatoms. The smallest absolute Gasteiger partial charge is 0.0589 e. The molecule has 2 rings (SSSR count). The fourth-order valence-corrected chi connectivity index (χ4v) is 1.52. The molecule has 1 aromatic rings. The third-order valence-corrected chi connectivity index (χ3v) is 2.51. The fraction of sp³-hybridized carbons (Fsp3) is 0.636. The number of nitrogens with one attached hydrogen (secondary N) is 1. The van der Waals surface area contributed by atoms with E-state index in [2.05, 4.69) is 22.2 Å². The van der Waals surface area contributed by atoms with Gasteiger partial charge in [-0.2, -0.15) is 0 Å². The summed E-state index contributed by atoms with van der Waals surface area (Å²) in [6, 6.07) is 0.805. The zero-order valence-corrected chi connectivity index (χ0v) is 8.61. The fourth-order valence-electron chi connectivity index (χ4n) is 1.52. The number of nitrogens with zero attached hydrogens (tertiary/aromatic N) is 2. The van der Waals surface area contributed by atoms with Crippen molar-refractivity contribution >= 4 is 0 Å². The second-order valence-electron chi connectivity index (χ2n) is 4.19. The highest BCUT2D eigenvalue weighted by Gasteiger charge is 2.20. The molecule has 0 radical (unpaired) electrons. The van der Waals surface area contributed by atoms with Gasteiger partial charge in [0.05, 0.1) is 5.69 Å². The molecule has 3 nitrogen and oxygen atoms in total. The number of hydrogen-bond donors (Lipinski definition) is 1. The summed E-state index contributed by atoms with van der Waals surface area (Å²) < 4.78 is 0. The standard InChI is InChI=1S/C11H17N3/c1-9(7-14-10-2-3-10)6-11-8-12-4-5-13-11/h4-5,8-10,14H,2-3,6-7H2,1H3. The van der Waals surface area contributed by atoms with E-state index < -0.39 is 0 Å². The van der Waals surface area contributed by atoms with Crippen molar-refractivity contribution in [2.24, 2.45) is 5.92 Å². The summed E-state index contributed by atoms with van der Waals surface area (Å²) in [5.41, 5.74) is 1.09. The van der Waals surface area contributed by atoms with E-state index in [0.717, 1.165) is 24.7 Å². The summed E-state index contributed by atoms with van der Waals surface area (Å²) in [7, 11) is 0. The van der Waals surface area contributed by atoms with Crippen LogP contribution in [0.1, 0.15) is 25.5 Å². The van der Waals surface area contributed by atoms with Crippen LogP contribution in [0.3, 0.4) is 0 Å². The minimum atomic E-state index is 0.646. The van der Waals surface area contributed by atoms with Crippen molar-refractivity contribution in [1.82, 2.24) is 15.3 Å². The van der Waals surface area contributed by atoms with Crippen LogP contribution < -0.4 is 5.32 Å². The molecule has 0 aromatic carbocycles. The Balaban J connectivity index is 1.73. The number of hydrogen-bond acceptors (Lipinski definition) is 3. The Bertz CT molecular complexity index is 269. The van der Waals surface area contributed by atoms with Crippen LogP contribution in [0, 0.1) is 5.92 Å². The monoisotopic (exact) mass is 191 g/mol. The van der Waals surface area contributed by atoms with E-state index in [4.69, 9.17) is 0 Å². The quantitative estimate of drug-likeness (QED) is 0.764. The average molecular weight is 191 g/mol. The summed E-state index contributed by atoms with van der Waals surface area (Å²) in [4.78, 5) is 8.33. The van der Waals surface area contributed by atoms with E-state index in [1.807, 2.05) is 6.20 Å². The molecule has 0 saturated heterocycles. The normalized spacial score (nSPS) is 18.1. The van der Waals surface area contributed by atoms with Gasteiger partial charge in [-0.1, -0.05) is 6.92 Å². The minimum absolute atomic E-state index is 0.646. The lowest BCUT2D eigenvalue weighted by atomic mass is 10.1. The number of rotatable bonds is 5. The Hall–Kier alpha value is -0.960. The molecule has 0 bridgehead atoms. The van der Waals surface area contributed by atoms with Crippen LogP contribution in [0.25, 0.3) is 0 Å². The first-order valence-corrected chi connectivity index (χ1v) is 5.33. The second-order valence-corrected chi connectivity index (χ2v) is 4.19. The maximum absolute atomic E-state index is 4.27. The topological polar surface area (TPSA) is 37.8 Å². The predicted molar refractivity (Wildman–Crippen MR) is 55.9 cm³/mol. The summed E-state index contributed by atoms with van der Waals surface area (Å²) >= 11 is 0. The maximum atomic E-state index is 4.27. The lowest BCUT2D eigenvalue weighted by molar-refractivity contribution is 0.504. The largest absolute Gasteiger partial charge is 0.314 e. The summed E-state index contributed by atoms with van der Waals surface area (Å²) in [5.74, 6) is 0.646. The Kier molecular flexibility index (Phi) is 3.09. The molecule has 14 heavy (non-hydrogen) atoms. The Morgan fingerprint density at radius 2 is 2.36 bits per heavy atom. The zero-order valence-electron chi connectivity index (χ0n) is 8.61. The van der Waals surface area contributed by atoms with Gasteiger partial charge in [0.1, 0.15) is 0 Å². The highest BCUT2D eigenvalue weighted by molar-refractivity contribution is 4.96. The molecule has 0 amide bonds. The maximum Gasteiger partial charge on any atom is 0.0589 e. The summed E-state index contributed by atoms with van der Waals surface area (Å²) in [5, 5.41) is 3.53. The van der Waals surface area contributed by atoms with E-state index >= 15 is 0 Å². The van der Waals surface area contributed by atoms with Gasteiger partial charge >= 0.3 is 0 Å². The highest BCUT2D eigenvalue weighted by Crippen LogP contribution is 2.19. The van der Waals surface area contributed by atoms with Crippen molar-refractivity contribution in [1.29, 1.82) is 0 Å². The van der Waals surface area contributed by atoms with Crippen LogP contribution in [0.4, 0.5) is 0 Å². The van der Waals surface area contributed by atoms with Gasteiger partial charge in [0.15, 0.2) is 0 Å². The average Bonchev–Trinajstić information content (AvgIpc) is 3.00. The molecule has 1 saturated carbocycles. The van der Waals surface area contributed by atoms with Gasteiger partial charge in [-0.15, -0.1) is 0 Å². The van der Waals surface area contributed by atoms with Crippen molar-refractivity contribution in [3.8, 4) is 0 Å². The molecule has 1 unspecified atom stereocenters. The van der Waals surface area contributed by atoms with Crippen molar-refractivity contribution in [3.05, 3.63) is 24.3 Å². The van der Waals surface area contributed by atoms with E-state index in [1.165, 1.54) is 12.8 Å². The van der Waals surface area contributed by atoms with E-state index in [9.17, 15) is 0 Å². The Morgan fingerprint density at radius 3 is 3.00 bits per heavy atom. The van der Waals surface area contributed by atoms with Crippen molar-refractivity contribution in [2.75, 3.05) is 6.54 Å². The molecule has 1 fully saturated rings. The first-order chi connectivity index (χ1) is 6.84. The first kappa shape index (κ1) is 9.59. The van der Waals surface area contributed by atoms with Gasteiger partial charge in [0.25, 0.3) is 0 Å². The molecule has 76 valence electrons. The first-order valence-electron chi connectivity index (χ1n) is 5.33. The summed E-state index contributed by atoms with van der Waals surface area (Å²) in [6.45, 7) is 3.35. The van der Waals surface area contributed by atoms with Crippen LogP contribution in [-0.4, -0.2) is 22.6 Å². The van der Waals surface area contributed by atoms with Gasteiger partial charge in [-0.3, -0.25) is 9.97 Å². The second kappa shape index (κ2) is 4.51. The van der Waals surface area contributed by atoms with Crippen LogP contribution in [0.2, 0.25) is 0 Å². The highest BCUT2D eigenvalue weighted by atomic mass is 14.9. The summed E-state index contributed by atoms with van der Waals surface area (Å²) in [6.07, 6.45) is 9.07. The molecule has 1 heterocycles. The van der Waals surface area contributed by atoms with Crippen LogP contribution >= 0.6 is 0 Å². The molecular formula is C11H17N3. The van der Waals surface area contributed by atoms with E-state index in [1.54, 1.807) is 12.4 Å². The Morgan fingerprint density at radius 1 is 1.50 bits per heavy atom. The zero-order chi connectivity index (χ0) is 9.80. The van der Waals surface area contributed by atoms with Gasteiger partial charge in [0, 0.05) is 24.6 Å².